The molecule has 0 aliphatic rings. The highest BCUT2D eigenvalue weighted by atomic mass is 19.1. The molecule has 0 aliphatic carbocycles. The number of anilines is 1. The molecule has 0 saturated carbocycles. The molecule has 0 aliphatic heterocycles. The van der Waals surface area contributed by atoms with Gasteiger partial charge in [0.25, 0.3) is 5.91 Å². The van der Waals surface area contributed by atoms with E-state index < -0.39 is 35.4 Å². The number of nitrogens with one attached hydrogen (secondary N) is 1. The van der Waals surface area contributed by atoms with Gasteiger partial charge in [-0.05, 0) is 32.0 Å². The largest absolute Gasteiger partial charge is 0.447 e. The first kappa shape index (κ1) is 18.5. The molecular weight excluding hydrogens is 363 g/mol. The molecule has 0 saturated heterocycles. The highest BCUT2D eigenvalue weighted by Gasteiger charge is 2.25. The second-order valence-corrected chi connectivity index (χ2v) is 5.83. The predicted molar refractivity (Wildman–Crippen MR) is 90.8 cm³/mol. The summed E-state index contributed by atoms with van der Waals surface area (Å²) < 4.78 is 50.8. The number of benzene rings is 2. The number of hydrogen-bond donors (Lipinski definition) is 1. The maximum absolute atomic E-state index is 13.8. The Kier molecular flexibility index (Phi) is 4.89. The lowest BCUT2D eigenvalue weighted by Gasteiger charge is -2.13. The first-order valence-electron chi connectivity index (χ1n) is 7.92. The Morgan fingerprint density at radius 2 is 1.85 bits per heavy atom. The molecule has 3 aromatic rings. The van der Waals surface area contributed by atoms with Crippen LogP contribution in [-0.4, -0.2) is 18.0 Å². The van der Waals surface area contributed by atoms with Crippen molar-refractivity contribution in [3.63, 3.8) is 0 Å². The van der Waals surface area contributed by atoms with Crippen molar-refractivity contribution in [1.29, 1.82) is 0 Å². The SMILES string of the molecule is Cc1c(C(=O)O[C@H](C)C(=O)Nc2cc(F)ccc2F)oc2c(F)cccc12. The van der Waals surface area contributed by atoms with Crippen molar-refractivity contribution in [2.24, 2.45) is 0 Å². The van der Waals surface area contributed by atoms with Crippen LogP contribution in [-0.2, 0) is 9.53 Å². The second kappa shape index (κ2) is 7.14. The van der Waals surface area contributed by atoms with Gasteiger partial charge < -0.3 is 14.5 Å². The summed E-state index contributed by atoms with van der Waals surface area (Å²) in [6, 6.07) is 6.79. The third kappa shape index (κ3) is 3.64. The summed E-state index contributed by atoms with van der Waals surface area (Å²) in [5.74, 6) is -4.31. The number of halogens is 3. The monoisotopic (exact) mass is 377 g/mol. The summed E-state index contributed by atoms with van der Waals surface area (Å²) in [5, 5.41) is 2.54. The number of furan rings is 1. The summed E-state index contributed by atoms with van der Waals surface area (Å²) in [7, 11) is 0. The van der Waals surface area contributed by atoms with E-state index in [0.29, 0.717) is 10.9 Å². The molecule has 1 N–H and O–H groups in total. The highest BCUT2D eigenvalue weighted by Crippen LogP contribution is 2.28. The topological polar surface area (TPSA) is 68.5 Å². The first-order valence-corrected chi connectivity index (χ1v) is 7.92. The van der Waals surface area contributed by atoms with E-state index in [1.165, 1.54) is 19.1 Å². The van der Waals surface area contributed by atoms with Gasteiger partial charge in [0.1, 0.15) is 11.6 Å². The van der Waals surface area contributed by atoms with Crippen molar-refractivity contribution in [1.82, 2.24) is 0 Å². The summed E-state index contributed by atoms with van der Waals surface area (Å²) in [5.41, 5.74) is -0.121. The van der Waals surface area contributed by atoms with E-state index in [1.807, 2.05) is 0 Å². The fraction of sp³-hybridized carbons (Fsp3) is 0.158. The Balaban J connectivity index is 1.75. The average Bonchev–Trinajstić information content (AvgIpc) is 2.96. The number of para-hydroxylation sites is 1. The standard InChI is InChI=1S/C19H14F3NO4/c1-9-12-4-3-5-14(22)17(12)27-16(9)19(25)26-10(2)18(24)23-15-8-11(20)6-7-13(15)21/h3-8,10H,1-2H3,(H,23,24)/t10-/m1/s1. The van der Waals surface area contributed by atoms with Crippen LogP contribution in [0.1, 0.15) is 23.0 Å². The molecule has 8 heteroatoms. The third-order valence-corrected chi connectivity index (χ3v) is 3.94. The van der Waals surface area contributed by atoms with Crippen LogP contribution in [0.3, 0.4) is 0 Å². The molecule has 0 radical (unpaired) electrons. The van der Waals surface area contributed by atoms with Crippen molar-refractivity contribution >= 4 is 28.5 Å². The fourth-order valence-corrected chi connectivity index (χ4v) is 2.50. The maximum atomic E-state index is 13.8. The van der Waals surface area contributed by atoms with Crippen LogP contribution in [0.2, 0.25) is 0 Å². The van der Waals surface area contributed by atoms with Crippen LogP contribution in [0.4, 0.5) is 18.9 Å². The normalized spacial score (nSPS) is 12.0. The first-order chi connectivity index (χ1) is 12.8. The number of carbonyl (C=O) groups is 2. The van der Waals surface area contributed by atoms with Gasteiger partial charge in [-0.1, -0.05) is 12.1 Å². The summed E-state index contributed by atoms with van der Waals surface area (Å²) in [6.45, 7) is 2.80. The van der Waals surface area contributed by atoms with Gasteiger partial charge in [-0.15, -0.1) is 0 Å². The van der Waals surface area contributed by atoms with Gasteiger partial charge >= 0.3 is 5.97 Å². The molecule has 0 spiro atoms. The number of hydrogen-bond acceptors (Lipinski definition) is 4. The Morgan fingerprint density at radius 1 is 1.11 bits per heavy atom. The van der Waals surface area contributed by atoms with E-state index in [9.17, 15) is 22.8 Å². The number of carbonyl (C=O) groups excluding carboxylic acids is 2. The molecule has 5 nitrogen and oxygen atoms in total. The molecule has 3 rings (SSSR count). The molecule has 0 unspecified atom stereocenters. The van der Waals surface area contributed by atoms with Crippen molar-refractivity contribution < 1.29 is 31.9 Å². The van der Waals surface area contributed by atoms with Crippen LogP contribution < -0.4 is 5.32 Å². The lowest BCUT2D eigenvalue weighted by Crippen LogP contribution is -2.30. The summed E-state index contributed by atoms with van der Waals surface area (Å²) in [6.07, 6.45) is -1.34. The fourth-order valence-electron chi connectivity index (χ4n) is 2.50. The molecule has 1 aromatic heterocycles. The molecular formula is C19H14F3NO4. The van der Waals surface area contributed by atoms with E-state index in [1.54, 1.807) is 13.0 Å². The third-order valence-electron chi connectivity index (χ3n) is 3.94. The summed E-state index contributed by atoms with van der Waals surface area (Å²) >= 11 is 0. The van der Waals surface area contributed by atoms with Crippen LogP contribution >= 0.6 is 0 Å². The second-order valence-electron chi connectivity index (χ2n) is 5.83. The predicted octanol–water partition coefficient (Wildman–Crippen LogP) is 4.34. The van der Waals surface area contributed by atoms with Crippen molar-refractivity contribution in [3.05, 3.63) is 65.2 Å². The van der Waals surface area contributed by atoms with Crippen LogP contribution in [0.5, 0.6) is 0 Å². The van der Waals surface area contributed by atoms with Crippen LogP contribution in [0.25, 0.3) is 11.0 Å². The van der Waals surface area contributed by atoms with Gasteiger partial charge in [0.05, 0.1) is 5.69 Å². The maximum Gasteiger partial charge on any atom is 0.375 e. The molecule has 1 heterocycles. The minimum atomic E-state index is -1.34. The van der Waals surface area contributed by atoms with E-state index in [-0.39, 0.29) is 17.0 Å². The average molecular weight is 377 g/mol. The lowest BCUT2D eigenvalue weighted by molar-refractivity contribution is -0.123. The lowest BCUT2D eigenvalue weighted by atomic mass is 10.1. The van der Waals surface area contributed by atoms with E-state index in [4.69, 9.17) is 9.15 Å². The smallest absolute Gasteiger partial charge is 0.375 e. The van der Waals surface area contributed by atoms with Gasteiger partial charge in [-0.3, -0.25) is 4.79 Å². The Hall–Kier alpha value is -3.29. The van der Waals surface area contributed by atoms with Gasteiger partial charge in [0.15, 0.2) is 17.5 Å². The molecule has 2 aromatic carbocycles. The molecule has 140 valence electrons. The quantitative estimate of drug-likeness (QED) is 0.687. The number of fused-ring (bicyclic) bond motifs is 1. The zero-order valence-electron chi connectivity index (χ0n) is 14.3. The van der Waals surface area contributed by atoms with E-state index in [2.05, 4.69) is 5.32 Å². The molecule has 0 fully saturated rings. The highest BCUT2D eigenvalue weighted by molar-refractivity contribution is 5.99. The van der Waals surface area contributed by atoms with Gasteiger partial charge in [-0.2, -0.15) is 0 Å². The Morgan fingerprint density at radius 3 is 2.56 bits per heavy atom. The minimum Gasteiger partial charge on any atom is -0.447 e. The number of rotatable bonds is 4. The van der Waals surface area contributed by atoms with Crippen molar-refractivity contribution in [3.8, 4) is 0 Å². The number of amides is 1. The zero-order chi connectivity index (χ0) is 19.7. The molecule has 0 bridgehead atoms. The van der Waals surface area contributed by atoms with Gasteiger partial charge in [0, 0.05) is 17.0 Å². The van der Waals surface area contributed by atoms with Crippen molar-refractivity contribution in [2.75, 3.05) is 5.32 Å². The number of esters is 1. The molecule has 1 atom stereocenters. The van der Waals surface area contributed by atoms with Gasteiger partial charge in [0.2, 0.25) is 5.76 Å². The molecule has 1 amide bonds. The van der Waals surface area contributed by atoms with Crippen LogP contribution in [0, 0.1) is 24.4 Å². The van der Waals surface area contributed by atoms with Crippen molar-refractivity contribution in [2.45, 2.75) is 20.0 Å². The van der Waals surface area contributed by atoms with E-state index >= 15 is 0 Å². The van der Waals surface area contributed by atoms with E-state index in [0.717, 1.165) is 18.2 Å². The Bertz CT molecular complexity index is 1040. The Labute approximate surface area is 151 Å². The van der Waals surface area contributed by atoms with Gasteiger partial charge in [-0.25, -0.2) is 18.0 Å². The molecule has 27 heavy (non-hydrogen) atoms. The number of aryl methyl sites for hydroxylation is 1. The number of ether oxygens (including phenoxy) is 1. The van der Waals surface area contributed by atoms with Crippen LogP contribution in [0.15, 0.2) is 40.8 Å². The minimum absolute atomic E-state index is 0.0964. The summed E-state index contributed by atoms with van der Waals surface area (Å²) in [4.78, 5) is 24.4. The zero-order valence-corrected chi connectivity index (χ0v) is 14.3.